The number of amides is 2. The highest BCUT2D eigenvalue weighted by molar-refractivity contribution is 9.09. The largest absolute Gasteiger partial charge is 0.481 e. The van der Waals surface area contributed by atoms with Gasteiger partial charge in [-0.15, -0.1) is 0 Å². The van der Waals surface area contributed by atoms with Crippen LogP contribution in [0.5, 0.6) is 0 Å². The number of Topliss-reactive ketones (excluding diaryl/α,β-unsaturated/α-hetero) is 1. The van der Waals surface area contributed by atoms with Crippen LogP contribution in [-0.2, 0) is 502 Å². The Balaban J connectivity index is -0.000000747. The van der Waals surface area contributed by atoms with Crippen molar-refractivity contribution in [3.05, 3.63) is 264 Å². The number of carboxylic acid groups (broad SMARTS) is 3. The van der Waals surface area contributed by atoms with Crippen molar-refractivity contribution in [1.29, 1.82) is 0 Å². The van der Waals surface area contributed by atoms with Crippen LogP contribution in [0.1, 0.15) is 97.4 Å². The highest BCUT2D eigenvalue weighted by atomic mass is 79.9. The molecule has 0 aliphatic heterocycles. The number of primary amides is 1. The zero-order valence-electron chi connectivity index (χ0n) is 69.1. The molecule has 1 atom stereocenters. The van der Waals surface area contributed by atoms with E-state index >= 15 is 0 Å². The second kappa shape index (κ2) is 115. The summed E-state index contributed by atoms with van der Waals surface area (Å²) in [5.74, 6) is -3.79. The van der Waals surface area contributed by atoms with E-state index in [4.69, 9.17) is 26.8 Å². The van der Waals surface area contributed by atoms with Crippen molar-refractivity contribution in [3.8, 4) is 0 Å². The van der Waals surface area contributed by atoms with E-state index in [-0.39, 0.29) is 57.8 Å². The van der Waals surface area contributed by atoms with Gasteiger partial charge in [0.2, 0.25) is 11.8 Å². The summed E-state index contributed by atoms with van der Waals surface area (Å²) in [7, 11) is 54.6. The highest BCUT2D eigenvalue weighted by Gasteiger charge is 2.21. The van der Waals surface area contributed by atoms with Crippen molar-refractivity contribution in [2.45, 2.75) is 103 Å². The van der Waals surface area contributed by atoms with Gasteiger partial charge in [-0.3, -0.25) is 58.5 Å². The van der Waals surface area contributed by atoms with Crippen molar-refractivity contribution < 1.29 is 44.1 Å². The molecule has 0 aliphatic carbocycles. The predicted octanol–water partition coefficient (Wildman–Crippen LogP) is 11.8. The van der Waals surface area contributed by atoms with Crippen LogP contribution in [0.25, 0.3) is 0 Å². The van der Waals surface area contributed by atoms with Gasteiger partial charge in [-0.2, -0.15) is 0 Å². The molecule has 8 aromatic rings. The van der Waals surface area contributed by atoms with Gasteiger partial charge in [0.15, 0.2) is 5.78 Å². The number of carbonyl (C=O) groups is 6. The van der Waals surface area contributed by atoms with E-state index in [1.807, 2.05) is 170 Å². The van der Waals surface area contributed by atoms with Crippen LogP contribution in [0.3, 0.4) is 0 Å². The number of halogens is 2. The molecule has 0 unspecified atom stereocenters. The molecule has 136 heavy (non-hydrogen) atoms. The molecule has 4 aromatic heterocycles. The Morgan fingerprint density at radius 2 is 0.632 bits per heavy atom. The molecule has 0 saturated heterocycles. The molecule has 0 fully saturated rings. The molecule has 0 radical (unpaired) electrons. The number of rotatable bonds is 30. The van der Waals surface area contributed by atoms with E-state index < -0.39 is 29.7 Å². The summed E-state index contributed by atoms with van der Waals surface area (Å²) in [6.45, 7) is 4.13. The molecule has 8 rings (SSSR count). The van der Waals surface area contributed by atoms with E-state index in [1.165, 1.54) is 99.9 Å². The van der Waals surface area contributed by atoms with Gasteiger partial charge in [0.1, 0.15) is 0 Å². The first kappa shape index (κ1) is 143. The number of alkyl halides is 2. The van der Waals surface area contributed by atoms with Crippen molar-refractivity contribution >= 4 is 490 Å². The first-order chi connectivity index (χ1) is 65.7. The summed E-state index contributed by atoms with van der Waals surface area (Å²) in [4.78, 5) is 88.3. The molecular weight excluding hydrogens is 2730 g/mol. The molecule has 0 spiro atoms. The lowest BCUT2D eigenvalue weighted by molar-refractivity contribution is -0.138. The van der Waals surface area contributed by atoms with Gasteiger partial charge in [-0.25, -0.2) is 0 Å². The number of ketones is 1. The fourth-order valence-corrected chi connectivity index (χ4v) is 77.8. The number of nitrogens with one attached hydrogen (secondary N) is 1. The average molecular weight is 2810 g/mol. The number of nitrogens with two attached hydrogens (primary N) is 2. The number of hydrogen-bond donors (Lipinski definition) is 6. The molecule has 0 bridgehead atoms. The molecule has 2 amide bonds. The minimum Gasteiger partial charge on any atom is -0.481 e. The number of pyridine rings is 4. The topological polar surface area (TPSA) is 285 Å². The minimum absolute atomic E-state index is 0. The predicted molar refractivity (Wildman–Crippen MR) is 697 cm³/mol. The maximum Gasteiger partial charge on any atom is 0.304 e. The van der Waals surface area contributed by atoms with Crippen molar-refractivity contribution in [2.75, 3.05) is 25.0 Å². The lowest BCUT2D eigenvalue weighted by Crippen LogP contribution is -2.35. The van der Waals surface area contributed by atoms with Crippen LogP contribution in [0.15, 0.2) is 219 Å². The van der Waals surface area contributed by atoms with Gasteiger partial charge in [0.05, 0.1) is 36.5 Å². The molecule has 0 aliphatic rings. The van der Waals surface area contributed by atoms with Crippen LogP contribution in [0, 0.1) is 5.92 Å². The monoisotopic (exact) mass is 2810 g/mol. The summed E-state index contributed by atoms with van der Waals surface area (Å²) >= 11 is 52.6. The number of aryl methyl sites for hydroxylation is 1. The number of aromatic nitrogens is 4. The van der Waals surface area contributed by atoms with Crippen LogP contribution >= 0.6 is 31.9 Å². The van der Waals surface area contributed by atoms with Crippen molar-refractivity contribution in [3.63, 3.8) is 0 Å². The first-order valence-corrected chi connectivity index (χ1v) is 91.7. The fraction of sp³-hybridized carbons (Fsp3) is 0.296. The summed E-state index contributed by atoms with van der Waals surface area (Å²) in [6, 6.07) is 62.9. The quantitative estimate of drug-likeness (QED) is 0.0180. The molecule has 8 N–H and O–H groups in total. The molecule has 65 heteroatoms. The number of aliphatic carboxylic acids is 3. The Kier molecular flexibility index (Phi) is 121. The molecule has 18 nitrogen and oxygen atoms in total. The zero-order valence-corrected chi connectivity index (χ0v) is 109. The molecule has 0 saturated carbocycles. The van der Waals surface area contributed by atoms with Crippen LogP contribution in [0.4, 0.5) is 0 Å². The second-order valence-electron chi connectivity index (χ2n) is 22.5. The van der Waals surface area contributed by atoms with Gasteiger partial charge in [-0.05, 0) is 96.5 Å². The number of carboxylic acids is 3. The molecule has 754 valence electrons. The van der Waals surface area contributed by atoms with Crippen LogP contribution in [-0.4, -0.2) is 106 Å². The normalized spacial score (nSPS) is 9.15. The van der Waals surface area contributed by atoms with E-state index in [1.54, 1.807) is 247 Å². The Hall–Kier alpha value is 1.24. The maximum absolute atomic E-state index is 12.5. The molecule has 4 aromatic carbocycles. The van der Waals surface area contributed by atoms with Gasteiger partial charge in [0, 0.05) is 535 Å². The smallest absolute Gasteiger partial charge is 0.304 e. The van der Waals surface area contributed by atoms with Crippen LogP contribution < -0.4 is 16.8 Å². The lowest BCUT2D eigenvalue weighted by atomic mass is 9.93. The fourth-order valence-electron chi connectivity index (χ4n) is 8.45. The third kappa shape index (κ3) is 105. The third-order valence-corrected chi connectivity index (χ3v) is 81.3. The molecule has 4 heterocycles. The van der Waals surface area contributed by atoms with Crippen molar-refractivity contribution in [1.82, 2.24) is 35.1 Å². The minimum atomic E-state index is -0.774. The van der Waals surface area contributed by atoms with Gasteiger partial charge in [0.25, 0.3) is 0 Å². The maximum atomic E-state index is 12.5. The Morgan fingerprint density at radius 1 is 0.346 bits per heavy atom. The summed E-state index contributed by atoms with van der Waals surface area (Å²) in [5.41, 5.74) is 19.2. The Labute approximate surface area is 962 Å². The number of unbranched alkanes of at least 4 members (excludes halogenated alkanes) is 1. The van der Waals surface area contributed by atoms with Gasteiger partial charge in [-0.1, -0.05) is 185 Å². The van der Waals surface area contributed by atoms with E-state index in [0.29, 0.717) is 51.0 Å². The van der Waals surface area contributed by atoms with Crippen molar-refractivity contribution in [2.24, 2.45) is 17.4 Å². The Morgan fingerprint density at radius 3 is 0.897 bits per heavy atom. The summed E-state index contributed by atoms with van der Waals surface area (Å²) in [5, 5.41) is 29.3. The highest BCUT2D eigenvalue weighted by Crippen LogP contribution is 2.15. The standard InChI is InChI=1S/C28H32N4O3.C16H18N2O2.C10H13NO2.C7H7Br.C6H8N2.C3H5BrO2.CH4.S11.S10.S9.S8.S7/c29-28(35)24(17-22-9-3-1-4-10-22)18-26(33)19-31-27(34)14-16-32(20-23-11-5-2-6-12-23)21-25-13-7-8-15-30-25;19-16(20)9-11-18(12-14-6-2-1-3-7-14)13-15-8-4-5-10-17-15;12-10(13)7-2-1-5-9-6-3-4-8-11-9;8-6-7-4-2-1-3-5-7;7-5-6-3-1-2-4-8-6;4-2-1-3(5)6;;1-3-5-7-9-11-10-8-6-4-2;1-3-5-7-9-10-8-6-4-2;1-3-5-7-9-8-6-4-2;1-3-5-7-8-6-4-2;1-3-5-7-6-4-2/h1-13,15,24H,14,16-21H2,(H2,29,35)(H,31,34);1-8,10H,9,11-13H2,(H,19,20);3-4,6,8H,1-2,5,7H2,(H,12,13);1-5H,6H2;1-4H,5,7H2;1-2H2,(H,5,6);1H4;;;;;/t24-;;;;;;;;;;;/m1.........../s1. The zero-order chi connectivity index (χ0) is 100.0. The first-order valence-electron chi connectivity index (χ1n) is 36.1. The van der Waals surface area contributed by atoms with Gasteiger partial charge < -0.3 is 32.1 Å². The van der Waals surface area contributed by atoms with E-state index in [0.717, 1.165) is 65.0 Å². The van der Waals surface area contributed by atoms with Crippen LogP contribution in [0.2, 0.25) is 0 Å². The van der Waals surface area contributed by atoms with Gasteiger partial charge >= 0.3 is 17.9 Å². The SMILES string of the molecule is BrCc1ccccc1.C.NC(=O)[C@@H](CC(=O)CNC(=O)CCN(Cc1ccccc1)Cc1ccccn1)Cc1ccccc1.NCc1ccccn1.O=C(O)CCBr.O=C(O)CCCCc1ccccn1.O=C(O)CCN(Cc1ccccc1)Cc1ccccn1.S=S=S=S=S=S=S.S=S=S=S=S=S=S=S.S=S=S=S=S=S=S=S=S.S=S=S=S=S=S=S=S=S=S.S=S=S=S=S=S=S=S=S=S=S. The number of nitrogens with zero attached hydrogens (tertiary/aromatic N) is 6. The summed E-state index contributed by atoms with van der Waals surface area (Å²) < 4.78 is 0. The number of hydrogen-bond acceptors (Lipinski definition) is 23. The number of carbonyl (C=O) groups excluding carboxylic acids is 3. The second-order valence-corrected chi connectivity index (χ2v) is 85.8. The number of benzene rings is 4. The Bertz CT molecular complexity index is 6210. The van der Waals surface area contributed by atoms with E-state index in [9.17, 15) is 28.8 Å². The van der Waals surface area contributed by atoms with E-state index in [2.05, 4.69) is 203 Å². The summed E-state index contributed by atoms with van der Waals surface area (Å²) in [6.07, 6.45) is 10.8. The lowest BCUT2D eigenvalue weighted by Gasteiger charge is -2.22. The average Bonchev–Trinajstić information content (AvgIpc) is 0.893. The molecular formula is C71H87Br2N9O9S45. The third-order valence-electron chi connectivity index (χ3n) is 13.6.